The van der Waals surface area contributed by atoms with Crippen LogP contribution in [0.3, 0.4) is 0 Å². The number of benzene rings is 4. The average Bonchev–Trinajstić information content (AvgIpc) is 3.38. The lowest BCUT2D eigenvalue weighted by atomic mass is 10.1. The summed E-state index contributed by atoms with van der Waals surface area (Å²) in [6.07, 6.45) is 3.30. The van der Waals surface area contributed by atoms with Crippen molar-refractivity contribution in [3.8, 4) is 22.7 Å². The van der Waals surface area contributed by atoms with E-state index < -0.39 is 6.10 Å². The van der Waals surface area contributed by atoms with E-state index >= 15 is 0 Å². The maximum Gasteiger partial charge on any atom is 0.281 e. The molecule has 0 fully saturated rings. The van der Waals surface area contributed by atoms with Gasteiger partial charge in [-0.2, -0.15) is 10.2 Å². The van der Waals surface area contributed by atoms with Crippen molar-refractivity contribution in [3.63, 3.8) is 0 Å². The molecule has 5 rings (SSSR count). The predicted octanol–water partition coefficient (Wildman–Crippen LogP) is 6.76. The first-order chi connectivity index (χ1) is 18.1. The first-order valence-electron chi connectivity index (χ1n) is 12.0. The van der Waals surface area contributed by atoms with Gasteiger partial charge in [-0.3, -0.25) is 4.79 Å². The fraction of sp³-hybridized carbons (Fsp3) is 0.100. The molecule has 0 aliphatic rings. The maximum atomic E-state index is 12.9. The summed E-state index contributed by atoms with van der Waals surface area (Å²) in [6, 6.07) is 31.6. The Balaban J connectivity index is 1.35. The van der Waals surface area contributed by atoms with Crippen LogP contribution in [-0.2, 0) is 4.79 Å². The Bertz CT molecular complexity index is 1550. The van der Waals surface area contributed by atoms with E-state index in [0.29, 0.717) is 12.2 Å². The van der Waals surface area contributed by atoms with Crippen molar-refractivity contribution < 1.29 is 9.53 Å². The highest BCUT2D eigenvalue weighted by Crippen LogP contribution is 2.34. The van der Waals surface area contributed by atoms with Gasteiger partial charge in [-0.1, -0.05) is 85.8 Å². The number of nitrogens with one attached hydrogen (secondary N) is 1. The van der Waals surface area contributed by atoms with Gasteiger partial charge in [-0.25, -0.2) is 10.1 Å². The van der Waals surface area contributed by atoms with E-state index in [1.165, 1.54) is 0 Å². The molecule has 37 heavy (non-hydrogen) atoms. The topological polar surface area (TPSA) is 68.5 Å². The standard InChI is InChI=1S/C30H25BrN4O2/c1-2-26(37-27-18-17-21-11-9-10-16-25(21)28(27)31)30(36)33-32-19-23-20-35(24-14-7-4-8-15-24)34-29(23)22-12-5-3-6-13-22/h3-20,26H,2H2,1H3,(H,33,36)/t26-/m1/s1. The van der Waals surface area contributed by atoms with E-state index in [2.05, 4.69) is 26.5 Å². The minimum Gasteiger partial charge on any atom is -0.479 e. The van der Waals surface area contributed by atoms with E-state index in [0.717, 1.165) is 37.8 Å². The summed E-state index contributed by atoms with van der Waals surface area (Å²) < 4.78 is 8.70. The summed E-state index contributed by atoms with van der Waals surface area (Å²) in [5.74, 6) is 0.288. The van der Waals surface area contributed by atoms with Crippen molar-refractivity contribution in [1.82, 2.24) is 15.2 Å². The molecule has 0 spiro atoms. The Morgan fingerprint density at radius 1 is 1.00 bits per heavy atom. The van der Waals surface area contributed by atoms with Gasteiger partial charge in [-0.05, 0) is 51.3 Å². The molecular formula is C30H25BrN4O2. The molecule has 0 radical (unpaired) electrons. The van der Waals surface area contributed by atoms with Gasteiger partial charge < -0.3 is 4.74 Å². The summed E-state index contributed by atoms with van der Waals surface area (Å²) in [5, 5.41) is 11.1. The lowest BCUT2D eigenvalue weighted by Gasteiger charge is -2.17. The number of rotatable bonds is 8. The fourth-order valence-electron chi connectivity index (χ4n) is 4.03. The molecule has 6 nitrogen and oxygen atoms in total. The molecule has 0 saturated carbocycles. The Morgan fingerprint density at radius 3 is 2.46 bits per heavy atom. The predicted molar refractivity (Wildman–Crippen MR) is 151 cm³/mol. The van der Waals surface area contributed by atoms with Crippen LogP contribution in [0.1, 0.15) is 18.9 Å². The monoisotopic (exact) mass is 552 g/mol. The minimum absolute atomic E-state index is 0.324. The normalized spacial score (nSPS) is 12.1. The van der Waals surface area contributed by atoms with Crippen LogP contribution in [0.25, 0.3) is 27.7 Å². The molecule has 1 heterocycles. The molecule has 1 N–H and O–H groups in total. The van der Waals surface area contributed by atoms with Gasteiger partial charge in [-0.15, -0.1) is 0 Å². The summed E-state index contributed by atoms with van der Waals surface area (Å²) >= 11 is 3.63. The zero-order chi connectivity index (χ0) is 25.6. The zero-order valence-corrected chi connectivity index (χ0v) is 21.8. The first-order valence-corrected chi connectivity index (χ1v) is 12.8. The van der Waals surface area contributed by atoms with Crippen LogP contribution < -0.4 is 10.2 Å². The molecule has 0 unspecified atom stereocenters. The molecule has 0 bridgehead atoms. The van der Waals surface area contributed by atoms with Gasteiger partial charge in [0.2, 0.25) is 0 Å². The highest BCUT2D eigenvalue weighted by atomic mass is 79.9. The average molecular weight is 553 g/mol. The number of hydrogen-bond donors (Lipinski definition) is 1. The number of carbonyl (C=O) groups excluding carboxylic acids is 1. The van der Waals surface area contributed by atoms with Gasteiger partial charge in [0.1, 0.15) is 11.4 Å². The molecule has 184 valence electrons. The van der Waals surface area contributed by atoms with Crippen LogP contribution in [0.15, 0.2) is 113 Å². The van der Waals surface area contributed by atoms with Crippen LogP contribution in [0.5, 0.6) is 5.75 Å². The third kappa shape index (κ3) is 5.47. The number of para-hydroxylation sites is 1. The lowest BCUT2D eigenvalue weighted by Crippen LogP contribution is -2.35. The number of nitrogens with zero attached hydrogens (tertiary/aromatic N) is 3. The van der Waals surface area contributed by atoms with E-state index in [4.69, 9.17) is 9.84 Å². The summed E-state index contributed by atoms with van der Waals surface area (Å²) in [5.41, 5.74) is 6.08. The Kier molecular flexibility index (Phi) is 7.42. The second-order valence-corrected chi connectivity index (χ2v) is 9.22. The minimum atomic E-state index is -0.699. The van der Waals surface area contributed by atoms with E-state index in [1.807, 2.05) is 110 Å². The number of hydrazone groups is 1. The van der Waals surface area contributed by atoms with Crippen molar-refractivity contribution >= 4 is 38.8 Å². The Morgan fingerprint density at radius 2 is 1.70 bits per heavy atom. The number of aromatic nitrogens is 2. The van der Waals surface area contributed by atoms with E-state index in [1.54, 1.807) is 10.9 Å². The molecule has 5 aromatic rings. The second kappa shape index (κ2) is 11.2. The quantitative estimate of drug-likeness (QED) is 0.171. The molecule has 1 aromatic heterocycles. The highest BCUT2D eigenvalue weighted by molar-refractivity contribution is 9.10. The van der Waals surface area contributed by atoms with E-state index in [9.17, 15) is 4.79 Å². The molecule has 4 aromatic carbocycles. The fourth-order valence-corrected chi connectivity index (χ4v) is 4.62. The molecular weight excluding hydrogens is 528 g/mol. The number of amides is 1. The van der Waals surface area contributed by atoms with Gasteiger partial charge in [0.25, 0.3) is 5.91 Å². The Labute approximate surface area is 223 Å². The number of fused-ring (bicyclic) bond motifs is 1. The largest absolute Gasteiger partial charge is 0.479 e. The SMILES string of the molecule is CC[C@@H](Oc1ccc2ccccc2c1Br)C(=O)NN=Cc1cn(-c2ccccc2)nc1-c1ccccc1. The maximum absolute atomic E-state index is 12.9. The third-order valence-corrected chi connectivity index (χ3v) is 6.77. The van der Waals surface area contributed by atoms with Gasteiger partial charge in [0.05, 0.1) is 16.4 Å². The smallest absolute Gasteiger partial charge is 0.281 e. The highest BCUT2D eigenvalue weighted by Gasteiger charge is 2.20. The second-order valence-electron chi connectivity index (χ2n) is 8.43. The summed E-state index contributed by atoms with van der Waals surface area (Å²) in [7, 11) is 0. The van der Waals surface area contributed by atoms with Crippen LogP contribution in [-0.4, -0.2) is 28.0 Å². The Hall–Kier alpha value is -4.23. The number of ether oxygens (including phenoxy) is 1. The van der Waals surface area contributed by atoms with E-state index in [-0.39, 0.29) is 5.91 Å². The van der Waals surface area contributed by atoms with Crippen LogP contribution in [0.4, 0.5) is 0 Å². The van der Waals surface area contributed by atoms with Crippen molar-refractivity contribution in [3.05, 3.63) is 113 Å². The number of carbonyl (C=O) groups is 1. The molecule has 7 heteroatoms. The molecule has 0 saturated heterocycles. The van der Waals surface area contributed by atoms with Crippen LogP contribution >= 0.6 is 15.9 Å². The molecule has 1 atom stereocenters. The first kappa shape index (κ1) is 24.5. The van der Waals surface area contributed by atoms with Gasteiger partial charge in [0.15, 0.2) is 6.10 Å². The van der Waals surface area contributed by atoms with Crippen molar-refractivity contribution in [2.24, 2.45) is 5.10 Å². The lowest BCUT2D eigenvalue weighted by molar-refractivity contribution is -0.128. The number of halogens is 1. The van der Waals surface area contributed by atoms with Crippen molar-refractivity contribution in [2.75, 3.05) is 0 Å². The van der Waals surface area contributed by atoms with Crippen LogP contribution in [0, 0.1) is 0 Å². The molecule has 1 amide bonds. The van der Waals surface area contributed by atoms with Gasteiger partial charge >= 0.3 is 0 Å². The number of hydrogen-bond acceptors (Lipinski definition) is 4. The summed E-state index contributed by atoms with van der Waals surface area (Å²) in [6.45, 7) is 1.90. The third-order valence-electron chi connectivity index (χ3n) is 5.95. The van der Waals surface area contributed by atoms with Crippen LogP contribution in [0.2, 0.25) is 0 Å². The van der Waals surface area contributed by atoms with Crippen molar-refractivity contribution in [2.45, 2.75) is 19.4 Å². The van der Waals surface area contributed by atoms with Crippen molar-refractivity contribution in [1.29, 1.82) is 0 Å². The summed E-state index contributed by atoms with van der Waals surface area (Å²) in [4.78, 5) is 12.9. The zero-order valence-electron chi connectivity index (χ0n) is 20.2. The molecule has 0 aliphatic heterocycles. The van der Waals surface area contributed by atoms with Gasteiger partial charge in [0, 0.05) is 17.3 Å². The molecule has 0 aliphatic carbocycles.